The number of methoxy groups -OCH3 is 1. The Bertz CT molecular complexity index is 1070. The average Bonchev–Trinajstić information content (AvgIpc) is 3.40. The maximum atomic E-state index is 13.9. The minimum atomic E-state index is -0.663. The molecule has 9 heteroatoms. The lowest BCUT2D eigenvalue weighted by molar-refractivity contribution is -0.149. The number of carbonyl (C=O) groups is 2. The molecule has 1 saturated carbocycles. The SMILES string of the molecule is CCCOC1(C2CCCCC2)CCN(C(=O)C(Cc2ccc(OC)cc2)NC(=O)NCCc2cncn2C)CC1. The number of rotatable bonds is 12. The zero-order chi connectivity index (χ0) is 28.4. The van der Waals surface area contributed by atoms with Gasteiger partial charge in [0.15, 0.2) is 0 Å². The van der Waals surface area contributed by atoms with E-state index >= 15 is 0 Å². The molecule has 1 unspecified atom stereocenters. The second-order valence-electron chi connectivity index (χ2n) is 11.3. The molecule has 3 amide bonds. The van der Waals surface area contributed by atoms with E-state index in [0.29, 0.717) is 38.4 Å². The van der Waals surface area contributed by atoms with Crippen molar-refractivity contribution < 1.29 is 19.1 Å². The quantitative estimate of drug-likeness (QED) is 0.410. The number of urea groups is 1. The predicted molar refractivity (Wildman–Crippen MR) is 155 cm³/mol. The Kier molecular flexibility index (Phi) is 10.9. The number of amides is 3. The van der Waals surface area contributed by atoms with Crippen LogP contribution < -0.4 is 15.4 Å². The first-order valence-corrected chi connectivity index (χ1v) is 15.0. The van der Waals surface area contributed by atoms with Crippen molar-refractivity contribution in [1.82, 2.24) is 25.1 Å². The molecule has 4 rings (SSSR count). The van der Waals surface area contributed by atoms with Crippen LogP contribution >= 0.6 is 0 Å². The van der Waals surface area contributed by atoms with Gasteiger partial charge in [-0.2, -0.15) is 0 Å². The predicted octanol–water partition coefficient (Wildman–Crippen LogP) is 4.25. The Morgan fingerprint density at radius 3 is 2.48 bits per heavy atom. The maximum absolute atomic E-state index is 13.9. The highest BCUT2D eigenvalue weighted by atomic mass is 16.5. The van der Waals surface area contributed by atoms with Crippen molar-refractivity contribution >= 4 is 11.9 Å². The minimum Gasteiger partial charge on any atom is -0.497 e. The summed E-state index contributed by atoms with van der Waals surface area (Å²) in [7, 11) is 3.56. The first-order chi connectivity index (χ1) is 19.4. The zero-order valence-electron chi connectivity index (χ0n) is 24.5. The van der Waals surface area contributed by atoms with Crippen LogP contribution in [0, 0.1) is 5.92 Å². The molecule has 40 heavy (non-hydrogen) atoms. The maximum Gasteiger partial charge on any atom is 0.315 e. The van der Waals surface area contributed by atoms with Crippen molar-refractivity contribution in [3.8, 4) is 5.75 Å². The third-order valence-corrected chi connectivity index (χ3v) is 8.65. The van der Waals surface area contributed by atoms with Crippen LogP contribution in [0.3, 0.4) is 0 Å². The fraction of sp³-hybridized carbons (Fsp3) is 0.645. The topological polar surface area (TPSA) is 97.7 Å². The highest BCUT2D eigenvalue weighted by molar-refractivity contribution is 5.87. The van der Waals surface area contributed by atoms with Gasteiger partial charge in [0.2, 0.25) is 5.91 Å². The number of aromatic nitrogens is 2. The summed E-state index contributed by atoms with van der Waals surface area (Å²) in [6, 6.07) is 6.66. The Hall–Kier alpha value is -3.07. The zero-order valence-corrected chi connectivity index (χ0v) is 24.5. The summed E-state index contributed by atoms with van der Waals surface area (Å²) in [4.78, 5) is 32.8. The largest absolute Gasteiger partial charge is 0.497 e. The highest BCUT2D eigenvalue weighted by Gasteiger charge is 2.44. The van der Waals surface area contributed by atoms with Crippen molar-refractivity contribution in [1.29, 1.82) is 0 Å². The summed E-state index contributed by atoms with van der Waals surface area (Å²) in [6.45, 7) is 4.69. The number of nitrogens with zero attached hydrogens (tertiary/aromatic N) is 3. The molecule has 0 spiro atoms. The van der Waals surface area contributed by atoms with E-state index in [0.717, 1.165) is 42.9 Å². The molecule has 2 aliphatic rings. The molecular weight excluding hydrogens is 506 g/mol. The van der Waals surface area contributed by atoms with Gasteiger partial charge in [0.25, 0.3) is 0 Å². The number of ether oxygens (including phenoxy) is 2. The van der Waals surface area contributed by atoms with Crippen LogP contribution in [0.15, 0.2) is 36.8 Å². The minimum absolute atomic E-state index is 0.0367. The Labute approximate surface area is 239 Å². The van der Waals surface area contributed by atoms with Gasteiger partial charge in [0, 0.05) is 58.0 Å². The fourth-order valence-corrected chi connectivity index (χ4v) is 6.27. The van der Waals surface area contributed by atoms with Gasteiger partial charge in [0.1, 0.15) is 11.8 Å². The number of hydrogen-bond acceptors (Lipinski definition) is 5. The van der Waals surface area contributed by atoms with Gasteiger partial charge < -0.3 is 29.6 Å². The standard InChI is InChI=1S/C31H47N5O4/c1-4-20-40-31(25-8-6-5-7-9-25)15-18-36(19-16-31)29(37)28(21-24-10-12-27(39-3)13-11-24)34-30(38)33-17-14-26-22-32-23-35(26)2/h10-13,22-23,25,28H,4-9,14-21H2,1-3H3,(H2,33,34,38). The number of imidazole rings is 1. The summed E-state index contributed by atoms with van der Waals surface area (Å²) >= 11 is 0. The van der Waals surface area contributed by atoms with E-state index in [-0.39, 0.29) is 17.5 Å². The molecule has 2 heterocycles. The van der Waals surface area contributed by atoms with E-state index in [1.807, 2.05) is 40.8 Å². The number of carbonyl (C=O) groups excluding carboxylic acids is 2. The second kappa shape index (κ2) is 14.5. The van der Waals surface area contributed by atoms with Gasteiger partial charge in [-0.1, -0.05) is 38.3 Å². The third-order valence-electron chi connectivity index (χ3n) is 8.65. The van der Waals surface area contributed by atoms with Crippen LogP contribution in [-0.4, -0.2) is 71.4 Å². The molecule has 1 aliphatic carbocycles. The number of piperidine rings is 1. The molecule has 1 aliphatic heterocycles. The number of benzene rings is 1. The molecule has 1 atom stereocenters. The lowest BCUT2D eigenvalue weighted by atomic mass is 9.72. The van der Waals surface area contributed by atoms with Crippen molar-refractivity contribution in [2.75, 3.05) is 33.4 Å². The molecule has 9 nitrogen and oxygen atoms in total. The summed E-state index contributed by atoms with van der Waals surface area (Å²) in [5.41, 5.74) is 1.87. The first-order valence-electron chi connectivity index (χ1n) is 15.0. The fourth-order valence-electron chi connectivity index (χ4n) is 6.27. The van der Waals surface area contributed by atoms with Gasteiger partial charge in [-0.05, 0) is 55.7 Å². The molecule has 2 aromatic rings. The van der Waals surface area contributed by atoms with E-state index in [9.17, 15) is 9.59 Å². The Balaban J connectivity index is 1.41. The molecule has 0 bridgehead atoms. The van der Waals surface area contributed by atoms with Crippen molar-refractivity contribution in [2.24, 2.45) is 13.0 Å². The number of hydrogen-bond donors (Lipinski definition) is 2. The van der Waals surface area contributed by atoms with Gasteiger partial charge in [-0.15, -0.1) is 0 Å². The van der Waals surface area contributed by atoms with Crippen LogP contribution in [0.2, 0.25) is 0 Å². The summed E-state index contributed by atoms with van der Waals surface area (Å²) in [5.74, 6) is 1.29. The smallest absolute Gasteiger partial charge is 0.315 e. The summed E-state index contributed by atoms with van der Waals surface area (Å²) in [5, 5.41) is 5.90. The van der Waals surface area contributed by atoms with Crippen LogP contribution in [0.25, 0.3) is 0 Å². The number of nitrogens with one attached hydrogen (secondary N) is 2. The summed E-state index contributed by atoms with van der Waals surface area (Å²) < 4.78 is 13.8. The summed E-state index contributed by atoms with van der Waals surface area (Å²) in [6.07, 6.45) is 13.6. The van der Waals surface area contributed by atoms with Gasteiger partial charge in [0.05, 0.1) is 19.0 Å². The van der Waals surface area contributed by atoms with Crippen LogP contribution in [0.1, 0.15) is 69.5 Å². The second-order valence-corrected chi connectivity index (χ2v) is 11.3. The van der Waals surface area contributed by atoms with Crippen LogP contribution in [0.5, 0.6) is 5.75 Å². The molecular formula is C31H47N5O4. The monoisotopic (exact) mass is 553 g/mol. The lowest BCUT2D eigenvalue weighted by Crippen LogP contribution is -2.57. The van der Waals surface area contributed by atoms with Gasteiger partial charge in [-0.3, -0.25) is 4.79 Å². The molecule has 2 fully saturated rings. The first kappa shape index (κ1) is 29.9. The van der Waals surface area contributed by atoms with Gasteiger partial charge in [-0.25, -0.2) is 9.78 Å². The van der Waals surface area contributed by atoms with E-state index in [4.69, 9.17) is 9.47 Å². The van der Waals surface area contributed by atoms with Gasteiger partial charge >= 0.3 is 6.03 Å². The van der Waals surface area contributed by atoms with E-state index in [1.165, 1.54) is 32.1 Å². The van der Waals surface area contributed by atoms with Crippen LogP contribution in [-0.2, 0) is 29.4 Å². The molecule has 1 aromatic heterocycles. The van der Waals surface area contributed by atoms with E-state index < -0.39 is 6.04 Å². The Morgan fingerprint density at radius 2 is 1.85 bits per heavy atom. The van der Waals surface area contributed by atoms with Crippen molar-refractivity contribution in [2.45, 2.75) is 82.8 Å². The number of aryl methyl sites for hydroxylation is 1. The number of likely N-dealkylation sites (tertiary alicyclic amines) is 1. The lowest BCUT2D eigenvalue weighted by Gasteiger charge is -2.48. The van der Waals surface area contributed by atoms with Crippen molar-refractivity contribution in [3.05, 3.63) is 48.0 Å². The van der Waals surface area contributed by atoms with E-state index in [2.05, 4.69) is 22.5 Å². The normalized spacial score (nSPS) is 18.2. The molecule has 1 aromatic carbocycles. The average molecular weight is 554 g/mol. The molecule has 1 saturated heterocycles. The molecule has 2 N–H and O–H groups in total. The van der Waals surface area contributed by atoms with Crippen LogP contribution in [0.4, 0.5) is 4.79 Å². The van der Waals surface area contributed by atoms with E-state index in [1.54, 1.807) is 19.6 Å². The molecule has 220 valence electrons. The highest BCUT2D eigenvalue weighted by Crippen LogP contribution is 2.42. The molecule has 0 radical (unpaired) electrons. The van der Waals surface area contributed by atoms with Crippen molar-refractivity contribution in [3.63, 3.8) is 0 Å². The Morgan fingerprint density at radius 1 is 1.12 bits per heavy atom. The third kappa shape index (κ3) is 7.77.